The second kappa shape index (κ2) is 9.60. The molecule has 0 spiro atoms. The van der Waals surface area contributed by atoms with Crippen LogP contribution in [0.5, 0.6) is 0 Å². The number of anilines is 1. The van der Waals surface area contributed by atoms with Crippen LogP contribution < -0.4 is 5.32 Å². The third-order valence-corrected chi connectivity index (χ3v) is 5.22. The third kappa shape index (κ3) is 5.20. The van der Waals surface area contributed by atoms with Crippen LogP contribution in [0.25, 0.3) is 11.3 Å². The van der Waals surface area contributed by atoms with E-state index < -0.39 is 5.97 Å². The fourth-order valence-corrected chi connectivity index (χ4v) is 3.59. The minimum Gasteiger partial charge on any atom is -0.462 e. The zero-order chi connectivity index (χ0) is 22.5. The maximum Gasteiger partial charge on any atom is 0.339 e. The first-order valence-electron chi connectivity index (χ1n) is 10.3. The van der Waals surface area contributed by atoms with E-state index in [0.717, 1.165) is 28.1 Å². The highest BCUT2D eigenvalue weighted by atomic mass is 19.1. The standard InChI is InChI=1S/C25H27FN2O3/c1-5-31-25(30)21-15-23(19-7-9-20(26)10-8-19)28(18(21)4)13-12-24(29)27-22-11-6-16(2)14-17(22)3/h6-11,14-15H,5,12-13H2,1-4H3,(H,27,29). The number of carbonyl (C=O) groups excluding carboxylic acids is 2. The number of carbonyl (C=O) groups is 2. The summed E-state index contributed by atoms with van der Waals surface area (Å²) in [5.41, 5.74) is 5.56. The summed E-state index contributed by atoms with van der Waals surface area (Å²) in [6, 6.07) is 13.7. The second-order valence-corrected chi connectivity index (χ2v) is 7.52. The number of hydrogen-bond donors (Lipinski definition) is 1. The first-order chi connectivity index (χ1) is 14.8. The molecule has 1 N–H and O–H groups in total. The van der Waals surface area contributed by atoms with Gasteiger partial charge in [0.25, 0.3) is 0 Å². The number of nitrogens with zero attached hydrogens (tertiary/aromatic N) is 1. The molecule has 1 aromatic heterocycles. The van der Waals surface area contributed by atoms with Gasteiger partial charge in [-0.15, -0.1) is 0 Å². The van der Waals surface area contributed by atoms with E-state index >= 15 is 0 Å². The van der Waals surface area contributed by atoms with E-state index in [9.17, 15) is 14.0 Å². The van der Waals surface area contributed by atoms with Gasteiger partial charge < -0.3 is 14.6 Å². The summed E-state index contributed by atoms with van der Waals surface area (Å²) in [6.07, 6.45) is 0.222. The molecule has 0 aliphatic heterocycles. The summed E-state index contributed by atoms with van der Waals surface area (Å²) >= 11 is 0. The fraction of sp³-hybridized carbons (Fsp3) is 0.280. The molecular formula is C25H27FN2O3. The molecule has 162 valence electrons. The quantitative estimate of drug-likeness (QED) is 0.517. The van der Waals surface area contributed by atoms with E-state index in [1.165, 1.54) is 12.1 Å². The number of benzene rings is 2. The van der Waals surface area contributed by atoms with Crippen LogP contribution in [0.3, 0.4) is 0 Å². The first-order valence-corrected chi connectivity index (χ1v) is 10.3. The van der Waals surface area contributed by atoms with Crippen LogP contribution in [0.4, 0.5) is 10.1 Å². The van der Waals surface area contributed by atoms with E-state index in [1.54, 1.807) is 25.1 Å². The van der Waals surface area contributed by atoms with Crippen molar-refractivity contribution in [1.29, 1.82) is 0 Å². The van der Waals surface area contributed by atoms with Gasteiger partial charge in [-0.2, -0.15) is 0 Å². The Bertz CT molecular complexity index is 1100. The number of halogens is 1. The maximum atomic E-state index is 13.4. The molecular weight excluding hydrogens is 395 g/mol. The predicted molar refractivity (Wildman–Crippen MR) is 120 cm³/mol. The SMILES string of the molecule is CCOC(=O)c1cc(-c2ccc(F)cc2)n(CCC(=O)Nc2ccc(C)cc2C)c1C. The monoisotopic (exact) mass is 422 g/mol. The van der Waals surface area contributed by atoms with Crippen molar-refractivity contribution in [1.82, 2.24) is 4.57 Å². The van der Waals surface area contributed by atoms with Gasteiger partial charge in [0.05, 0.1) is 12.2 Å². The topological polar surface area (TPSA) is 60.3 Å². The smallest absolute Gasteiger partial charge is 0.339 e. The average molecular weight is 423 g/mol. The number of ether oxygens (including phenoxy) is 1. The lowest BCUT2D eigenvalue weighted by Gasteiger charge is -2.13. The molecule has 6 heteroatoms. The molecule has 0 unspecified atom stereocenters. The number of esters is 1. The number of nitrogens with one attached hydrogen (secondary N) is 1. The van der Waals surface area contributed by atoms with Crippen LogP contribution in [0.2, 0.25) is 0 Å². The van der Waals surface area contributed by atoms with Crippen LogP contribution in [-0.2, 0) is 16.1 Å². The van der Waals surface area contributed by atoms with Gasteiger partial charge >= 0.3 is 5.97 Å². The number of aromatic nitrogens is 1. The lowest BCUT2D eigenvalue weighted by atomic mass is 10.1. The van der Waals surface area contributed by atoms with E-state index in [4.69, 9.17) is 4.74 Å². The van der Waals surface area contributed by atoms with Crippen molar-refractivity contribution in [2.24, 2.45) is 0 Å². The molecule has 1 heterocycles. The highest BCUT2D eigenvalue weighted by Crippen LogP contribution is 2.27. The average Bonchev–Trinajstić information content (AvgIpc) is 3.06. The zero-order valence-corrected chi connectivity index (χ0v) is 18.3. The Morgan fingerprint density at radius 3 is 2.39 bits per heavy atom. The second-order valence-electron chi connectivity index (χ2n) is 7.52. The highest BCUT2D eigenvalue weighted by molar-refractivity contribution is 5.93. The Hall–Kier alpha value is -3.41. The van der Waals surface area contributed by atoms with Crippen molar-refractivity contribution in [2.75, 3.05) is 11.9 Å². The Morgan fingerprint density at radius 2 is 1.74 bits per heavy atom. The Kier molecular flexibility index (Phi) is 6.90. The van der Waals surface area contributed by atoms with E-state index in [0.29, 0.717) is 17.8 Å². The summed E-state index contributed by atoms with van der Waals surface area (Å²) in [7, 11) is 0. The summed E-state index contributed by atoms with van der Waals surface area (Å²) in [5.74, 6) is -0.873. The van der Waals surface area contributed by atoms with Crippen molar-refractivity contribution in [3.05, 3.63) is 76.7 Å². The Morgan fingerprint density at radius 1 is 1.03 bits per heavy atom. The van der Waals surface area contributed by atoms with Crippen molar-refractivity contribution in [3.8, 4) is 11.3 Å². The van der Waals surface area contributed by atoms with Crippen LogP contribution >= 0.6 is 0 Å². The van der Waals surface area contributed by atoms with Crippen molar-refractivity contribution < 1.29 is 18.7 Å². The van der Waals surface area contributed by atoms with Crippen LogP contribution in [0, 0.1) is 26.6 Å². The summed E-state index contributed by atoms with van der Waals surface area (Å²) in [4.78, 5) is 25.0. The van der Waals surface area contributed by atoms with Gasteiger partial charge in [0.1, 0.15) is 5.82 Å². The molecule has 0 atom stereocenters. The molecule has 0 radical (unpaired) electrons. The molecule has 0 fully saturated rings. The van der Waals surface area contributed by atoms with Gasteiger partial charge in [-0.1, -0.05) is 17.7 Å². The van der Waals surface area contributed by atoms with Crippen molar-refractivity contribution in [2.45, 2.75) is 40.7 Å². The van der Waals surface area contributed by atoms with Gasteiger partial charge in [0, 0.05) is 30.0 Å². The Labute approximate surface area is 181 Å². The summed E-state index contributed by atoms with van der Waals surface area (Å²) in [5, 5.41) is 2.95. The highest BCUT2D eigenvalue weighted by Gasteiger charge is 2.20. The molecule has 3 aromatic rings. The van der Waals surface area contributed by atoms with Gasteiger partial charge in [0.15, 0.2) is 0 Å². The fourth-order valence-electron chi connectivity index (χ4n) is 3.59. The van der Waals surface area contributed by atoms with Crippen LogP contribution in [0.15, 0.2) is 48.5 Å². The van der Waals surface area contributed by atoms with Gasteiger partial charge in [-0.25, -0.2) is 9.18 Å². The normalized spacial score (nSPS) is 10.7. The molecule has 0 aliphatic rings. The van der Waals surface area contributed by atoms with Crippen LogP contribution in [0.1, 0.15) is 40.5 Å². The van der Waals surface area contributed by atoms with E-state index in [2.05, 4.69) is 5.32 Å². The number of hydrogen-bond acceptors (Lipinski definition) is 3. The first kappa shape index (κ1) is 22.3. The molecule has 3 rings (SSSR count). The summed E-state index contributed by atoms with van der Waals surface area (Å²) in [6.45, 7) is 8.18. The molecule has 0 saturated carbocycles. The lowest BCUT2D eigenvalue weighted by molar-refractivity contribution is -0.116. The molecule has 0 bridgehead atoms. The van der Waals surface area contributed by atoms with Crippen LogP contribution in [-0.4, -0.2) is 23.1 Å². The van der Waals surface area contributed by atoms with Crippen molar-refractivity contribution >= 4 is 17.6 Å². The molecule has 5 nitrogen and oxygen atoms in total. The lowest BCUT2D eigenvalue weighted by Crippen LogP contribution is -2.16. The number of amides is 1. The minimum absolute atomic E-state index is 0.122. The minimum atomic E-state index is -0.415. The van der Waals surface area contributed by atoms with Gasteiger partial charge in [-0.3, -0.25) is 4.79 Å². The predicted octanol–water partition coefficient (Wildman–Crippen LogP) is 5.42. The third-order valence-electron chi connectivity index (χ3n) is 5.22. The molecule has 0 aliphatic carbocycles. The molecule has 0 saturated heterocycles. The van der Waals surface area contributed by atoms with Gasteiger partial charge in [0.2, 0.25) is 5.91 Å². The Balaban J connectivity index is 1.85. The van der Waals surface area contributed by atoms with Crippen molar-refractivity contribution in [3.63, 3.8) is 0 Å². The van der Waals surface area contributed by atoms with Gasteiger partial charge in [-0.05, 0) is 75.2 Å². The molecule has 31 heavy (non-hydrogen) atoms. The van der Waals surface area contributed by atoms with E-state index in [1.807, 2.05) is 43.5 Å². The molecule has 2 aromatic carbocycles. The number of rotatable bonds is 7. The largest absolute Gasteiger partial charge is 0.462 e. The van der Waals surface area contributed by atoms with E-state index in [-0.39, 0.29) is 24.8 Å². The zero-order valence-electron chi connectivity index (χ0n) is 18.3. The number of aryl methyl sites for hydroxylation is 2. The summed E-state index contributed by atoms with van der Waals surface area (Å²) < 4.78 is 20.5. The molecule has 1 amide bonds. The maximum absolute atomic E-state index is 13.4.